The van der Waals surface area contributed by atoms with E-state index in [2.05, 4.69) is 6.92 Å². The Morgan fingerprint density at radius 3 is 3.00 bits per heavy atom. The molecule has 0 spiro atoms. The normalized spacial score (nSPS) is 24.7. The highest BCUT2D eigenvalue weighted by Gasteiger charge is 2.21. The monoisotopic (exact) mass is 218 g/mol. The summed E-state index contributed by atoms with van der Waals surface area (Å²) in [6.07, 6.45) is 8.86. The fourth-order valence-corrected chi connectivity index (χ4v) is 1.97. The van der Waals surface area contributed by atoms with Crippen LogP contribution in [-0.2, 0) is 0 Å². The van der Waals surface area contributed by atoms with Crippen molar-refractivity contribution in [3.63, 3.8) is 0 Å². The topological polar surface area (TPSA) is 27.1 Å². The van der Waals surface area contributed by atoms with Gasteiger partial charge in [0, 0.05) is 18.1 Å². The molecule has 2 heterocycles. The summed E-state index contributed by atoms with van der Waals surface area (Å²) < 4.78 is 13.1. The number of rotatable bonds is 1. The van der Waals surface area contributed by atoms with Crippen LogP contribution in [0, 0.1) is 11.3 Å². The molecule has 2 aliphatic heterocycles. The molecule has 0 amide bonds. The fraction of sp³-hybridized carbons (Fsp3) is 0.308. The molecule has 0 aromatic carbocycles. The van der Waals surface area contributed by atoms with Crippen LogP contribution in [-0.4, -0.2) is 11.1 Å². The van der Waals surface area contributed by atoms with E-state index in [0.717, 1.165) is 17.8 Å². The largest absolute Gasteiger partial charge is 0.316 e. The van der Waals surface area contributed by atoms with E-state index in [1.54, 1.807) is 6.20 Å². The van der Waals surface area contributed by atoms with E-state index in [1.807, 2.05) is 17.9 Å². The molecule has 0 aliphatic carbocycles. The van der Waals surface area contributed by atoms with Crippen molar-refractivity contribution in [2.24, 2.45) is 5.92 Å². The summed E-state index contributed by atoms with van der Waals surface area (Å²) in [4.78, 5) is 1.87. The summed E-state index contributed by atoms with van der Waals surface area (Å²) in [5, 5.41) is 7.49. The van der Waals surface area contributed by atoms with Crippen LogP contribution in [0.15, 0.2) is 47.2 Å². The van der Waals surface area contributed by atoms with Crippen molar-refractivity contribution in [1.82, 2.24) is 4.90 Å². The highest BCUT2D eigenvalue weighted by atomic mass is 19.1. The number of hydrogen-bond donors (Lipinski definition) is 1. The van der Waals surface area contributed by atoms with Gasteiger partial charge >= 0.3 is 0 Å². The minimum absolute atomic E-state index is 0.237. The molecule has 3 heteroatoms. The van der Waals surface area contributed by atoms with Crippen LogP contribution in [0.3, 0.4) is 0 Å². The van der Waals surface area contributed by atoms with Crippen molar-refractivity contribution in [3.05, 3.63) is 47.2 Å². The van der Waals surface area contributed by atoms with Crippen molar-refractivity contribution in [2.75, 3.05) is 0 Å². The molecule has 16 heavy (non-hydrogen) atoms. The Morgan fingerprint density at radius 1 is 1.56 bits per heavy atom. The van der Waals surface area contributed by atoms with Gasteiger partial charge in [0.25, 0.3) is 0 Å². The second-order valence-corrected chi connectivity index (χ2v) is 4.19. The minimum atomic E-state index is -0.237. The third kappa shape index (κ3) is 1.73. The molecule has 0 aromatic heterocycles. The first-order valence-electron chi connectivity index (χ1n) is 5.39. The SMILES string of the molecule is CC1=C(C=N)N2C=CC(F)=CC2=CCC1C. The lowest BCUT2D eigenvalue weighted by Gasteiger charge is -2.25. The van der Waals surface area contributed by atoms with Gasteiger partial charge in [0.1, 0.15) is 5.83 Å². The van der Waals surface area contributed by atoms with Gasteiger partial charge in [0.05, 0.1) is 5.70 Å². The summed E-state index contributed by atoms with van der Waals surface area (Å²) in [5.74, 6) is 0.151. The molecule has 2 aliphatic rings. The molecular weight excluding hydrogens is 203 g/mol. The van der Waals surface area contributed by atoms with Gasteiger partial charge in [-0.1, -0.05) is 13.0 Å². The van der Waals surface area contributed by atoms with Gasteiger partial charge < -0.3 is 10.3 Å². The lowest BCUT2D eigenvalue weighted by Crippen LogP contribution is -2.19. The Hall–Kier alpha value is -1.64. The second-order valence-electron chi connectivity index (χ2n) is 4.19. The summed E-state index contributed by atoms with van der Waals surface area (Å²) in [5.41, 5.74) is 2.83. The molecule has 0 saturated carbocycles. The van der Waals surface area contributed by atoms with E-state index >= 15 is 0 Å². The standard InChI is InChI=1S/C13H15FN2/c1-9-3-4-12-7-11(14)5-6-16(12)13(8-15)10(9)2/h4-9,15H,3H2,1-2H3. The summed E-state index contributed by atoms with van der Waals surface area (Å²) in [6.45, 7) is 4.16. The van der Waals surface area contributed by atoms with Crippen molar-refractivity contribution in [2.45, 2.75) is 20.3 Å². The molecule has 1 N–H and O–H groups in total. The highest BCUT2D eigenvalue weighted by molar-refractivity contribution is 5.78. The Balaban J connectivity index is 2.51. The van der Waals surface area contributed by atoms with Crippen LogP contribution >= 0.6 is 0 Å². The predicted molar refractivity (Wildman–Crippen MR) is 63.5 cm³/mol. The van der Waals surface area contributed by atoms with E-state index < -0.39 is 0 Å². The van der Waals surface area contributed by atoms with Gasteiger partial charge in [0.2, 0.25) is 0 Å². The highest BCUT2D eigenvalue weighted by Crippen LogP contribution is 2.31. The van der Waals surface area contributed by atoms with Crippen LogP contribution in [0.25, 0.3) is 0 Å². The number of nitrogens with one attached hydrogen (secondary N) is 1. The minimum Gasteiger partial charge on any atom is -0.316 e. The molecule has 1 unspecified atom stereocenters. The van der Waals surface area contributed by atoms with Gasteiger partial charge in [-0.15, -0.1) is 0 Å². The number of fused-ring (bicyclic) bond motifs is 1. The zero-order chi connectivity index (χ0) is 11.7. The van der Waals surface area contributed by atoms with Crippen molar-refractivity contribution < 1.29 is 4.39 Å². The van der Waals surface area contributed by atoms with E-state index in [4.69, 9.17) is 5.41 Å². The number of nitrogens with zero attached hydrogens (tertiary/aromatic N) is 1. The maximum absolute atomic E-state index is 13.1. The molecular formula is C13H15FN2. The molecule has 1 atom stereocenters. The van der Waals surface area contributed by atoms with Crippen LogP contribution < -0.4 is 0 Å². The molecule has 0 radical (unpaired) electrons. The summed E-state index contributed by atoms with van der Waals surface area (Å²) in [6, 6.07) is 0. The average Bonchev–Trinajstić information content (AvgIpc) is 2.38. The molecule has 0 bridgehead atoms. The molecule has 2 rings (SSSR count). The first kappa shape index (κ1) is 10.9. The van der Waals surface area contributed by atoms with Gasteiger partial charge in [-0.3, -0.25) is 0 Å². The Labute approximate surface area is 95.0 Å². The molecule has 0 fully saturated rings. The summed E-state index contributed by atoms with van der Waals surface area (Å²) >= 11 is 0. The van der Waals surface area contributed by atoms with E-state index in [9.17, 15) is 4.39 Å². The second kappa shape index (κ2) is 4.08. The third-order valence-corrected chi connectivity index (χ3v) is 3.17. The lowest BCUT2D eigenvalue weighted by atomic mass is 9.98. The number of halogens is 1. The lowest BCUT2D eigenvalue weighted by molar-refractivity contribution is 0.577. The van der Waals surface area contributed by atoms with Crippen molar-refractivity contribution >= 4 is 6.21 Å². The zero-order valence-corrected chi connectivity index (χ0v) is 9.50. The fourth-order valence-electron chi connectivity index (χ4n) is 1.97. The molecule has 0 aromatic rings. The maximum atomic E-state index is 13.1. The number of hydrogen-bond acceptors (Lipinski definition) is 2. The van der Waals surface area contributed by atoms with Crippen LogP contribution in [0.5, 0.6) is 0 Å². The Bertz CT molecular complexity index is 441. The predicted octanol–water partition coefficient (Wildman–Crippen LogP) is 3.52. The van der Waals surface area contributed by atoms with Gasteiger partial charge in [0.15, 0.2) is 0 Å². The molecule has 0 saturated heterocycles. The van der Waals surface area contributed by atoms with Crippen molar-refractivity contribution in [1.29, 1.82) is 5.41 Å². The first-order valence-corrected chi connectivity index (χ1v) is 5.39. The van der Waals surface area contributed by atoms with E-state index in [0.29, 0.717) is 5.92 Å². The van der Waals surface area contributed by atoms with Gasteiger partial charge in [-0.05, 0) is 37.0 Å². The van der Waals surface area contributed by atoms with E-state index in [1.165, 1.54) is 23.9 Å². The van der Waals surface area contributed by atoms with Crippen LogP contribution in [0.2, 0.25) is 0 Å². The zero-order valence-electron chi connectivity index (χ0n) is 9.50. The van der Waals surface area contributed by atoms with Crippen molar-refractivity contribution in [3.8, 4) is 0 Å². The molecule has 84 valence electrons. The van der Waals surface area contributed by atoms with Crippen LogP contribution in [0.4, 0.5) is 4.39 Å². The Kier molecular flexibility index (Phi) is 2.77. The summed E-state index contributed by atoms with van der Waals surface area (Å²) in [7, 11) is 0. The smallest absolute Gasteiger partial charge is 0.126 e. The third-order valence-electron chi connectivity index (χ3n) is 3.17. The Morgan fingerprint density at radius 2 is 2.31 bits per heavy atom. The van der Waals surface area contributed by atoms with E-state index in [-0.39, 0.29) is 5.83 Å². The van der Waals surface area contributed by atoms with Crippen LogP contribution in [0.1, 0.15) is 20.3 Å². The number of allylic oxidation sites excluding steroid dienone is 6. The average molecular weight is 218 g/mol. The molecule has 2 nitrogen and oxygen atoms in total. The van der Waals surface area contributed by atoms with Gasteiger partial charge in [-0.2, -0.15) is 0 Å². The van der Waals surface area contributed by atoms with Gasteiger partial charge in [-0.25, -0.2) is 4.39 Å². The quantitative estimate of drug-likeness (QED) is 0.670. The maximum Gasteiger partial charge on any atom is 0.126 e. The first-order chi connectivity index (χ1) is 7.63.